The first-order valence-corrected chi connectivity index (χ1v) is 9.53. The number of hydrogen-bond acceptors (Lipinski definition) is 6. The van der Waals surface area contributed by atoms with Crippen molar-refractivity contribution in [3.8, 4) is 5.75 Å². The molecule has 1 aliphatic rings. The summed E-state index contributed by atoms with van der Waals surface area (Å²) in [5.41, 5.74) is 3.79. The first-order chi connectivity index (χ1) is 14.0. The number of rotatable bonds is 6. The van der Waals surface area contributed by atoms with Crippen molar-refractivity contribution in [2.24, 2.45) is 0 Å². The van der Waals surface area contributed by atoms with Crippen LogP contribution in [0.25, 0.3) is 0 Å². The lowest BCUT2D eigenvalue weighted by molar-refractivity contribution is -0.118. The Hall–Kier alpha value is -3.06. The van der Waals surface area contributed by atoms with Crippen molar-refractivity contribution in [1.82, 2.24) is 0 Å². The van der Waals surface area contributed by atoms with Gasteiger partial charge >= 0.3 is 5.97 Å². The lowest BCUT2D eigenvalue weighted by atomic mass is 10.1. The second kappa shape index (κ2) is 9.43. The van der Waals surface area contributed by atoms with Crippen molar-refractivity contribution in [2.75, 3.05) is 50.2 Å². The summed E-state index contributed by atoms with van der Waals surface area (Å²) in [7, 11) is 1.34. The van der Waals surface area contributed by atoms with E-state index in [1.54, 1.807) is 12.1 Å². The monoisotopic (exact) mass is 398 g/mol. The number of ether oxygens (including phenoxy) is 3. The summed E-state index contributed by atoms with van der Waals surface area (Å²) in [6, 6.07) is 10.9. The first kappa shape index (κ1) is 20.7. The number of nitrogens with zero attached hydrogens (tertiary/aromatic N) is 1. The van der Waals surface area contributed by atoms with Crippen molar-refractivity contribution in [2.45, 2.75) is 13.8 Å². The Morgan fingerprint density at radius 2 is 1.90 bits per heavy atom. The maximum Gasteiger partial charge on any atom is 0.340 e. The number of aryl methyl sites for hydroxylation is 1. The predicted octanol–water partition coefficient (Wildman–Crippen LogP) is 2.94. The highest BCUT2D eigenvalue weighted by Crippen LogP contribution is 2.26. The number of benzene rings is 2. The molecule has 1 aliphatic heterocycles. The van der Waals surface area contributed by atoms with Crippen LogP contribution < -0.4 is 15.0 Å². The molecule has 0 atom stereocenters. The summed E-state index contributed by atoms with van der Waals surface area (Å²) < 4.78 is 15.9. The third-order valence-electron chi connectivity index (χ3n) is 4.95. The van der Waals surface area contributed by atoms with Crippen LogP contribution in [0.5, 0.6) is 5.75 Å². The molecule has 3 rings (SSSR count). The molecule has 0 radical (unpaired) electrons. The molecule has 2 aromatic rings. The summed E-state index contributed by atoms with van der Waals surface area (Å²) in [4.78, 5) is 26.7. The minimum atomic E-state index is -0.450. The maximum absolute atomic E-state index is 12.3. The molecule has 2 aromatic carbocycles. The molecule has 1 amide bonds. The van der Waals surface area contributed by atoms with E-state index in [2.05, 4.69) is 10.2 Å². The van der Waals surface area contributed by atoms with E-state index in [9.17, 15) is 9.59 Å². The number of esters is 1. The quantitative estimate of drug-likeness (QED) is 0.754. The highest BCUT2D eigenvalue weighted by molar-refractivity contribution is 5.99. The zero-order chi connectivity index (χ0) is 20.8. The van der Waals surface area contributed by atoms with Crippen LogP contribution in [0.4, 0.5) is 11.4 Å². The summed E-state index contributed by atoms with van der Waals surface area (Å²) in [6.45, 7) is 6.42. The highest BCUT2D eigenvalue weighted by atomic mass is 16.5. The second-order valence-electron chi connectivity index (χ2n) is 6.86. The lowest BCUT2D eigenvalue weighted by Gasteiger charge is -2.30. The average molecular weight is 398 g/mol. The van der Waals surface area contributed by atoms with Gasteiger partial charge in [0.2, 0.25) is 0 Å². The van der Waals surface area contributed by atoms with Gasteiger partial charge in [-0.25, -0.2) is 4.79 Å². The zero-order valence-electron chi connectivity index (χ0n) is 17.0. The van der Waals surface area contributed by atoms with Gasteiger partial charge in [0.15, 0.2) is 6.61 Å². The van der Waals surface area contributed by atoms with Crippen molar-refractivity contribution in [3.63, 3.8) is 0 Å². The van der Waals surface area contributed by atoms with E-state index in [-0.39, 0.29) is 12.5 Å². The average Bonchev–Trinajstić information content (AvgIpc) is 2.74. The Morgan fingerprint density at radius 1 is 1.14 bits per heavy atom. The number of carbonyl (C=O) groups is 2. The molecule has 0 spiro atoms. The molecule has 1 heterocycles. The van der Waals surface area contributed by atoms with Gasteiger partial charge in [-0.15, -0.1) is 0 Å². The smallest absolute Gasteiger partial charge is 0.340 e. The first-order valence-electron chi connectivity index (χ1n) is 9.53. The number of methoxy groups -OCH3 is 1. The van der Waals surface area contributed by atoms with Crippen LogP contribution in [-0.4, -0.2) is 51.9 Å². The molecule has 29 heavy (non-hydrogen) atoms. The predicted molar refractivity (Wildman–Crippen MR) is 111 cm³/mol. The Morgan fingerprint density at radius 3 is 2.62 bits per heavy atom. The van der Waals surface area contributed by atoms with Gasteiger partial charge in [0.25, 0.3) is 5.91 Å². The molecule has 0 unspecified atom stereocenters. The Kier molecular flexibility index (Phi) is 6.72. The van der Waals surface area contributed by atoms with Gasteiger partial charge in [-0.3, -0.25) is 4.79 Å². The van der Waals surface area contributed by atoms with Crippen molar-refractivity contribution in [1.29, 1.82) is 0 Å². The van der Waals surface area contributed by atoms with E-state index in [4.69, 9.17) is 14.2 Å². The fourth-order valence-electron chi connectivity index (χ4n) is 3.19. The Balaban J connectivity index is 1.70. The zero-order valence-corrected chi connectivity index (χ0v) is 17.0. The van der Waals surface area contributed by atoms with Crippen LogP contribution >= 0.6 is 0 Å². The third kappa shape index (κ3) is 5.06. The minimum absolute atomic E-state index is 0.122. The standard InChI is InChI=1S/C22H26N2O5/c1-15-5-4-6-20(16(15)2)29-14-21(25)23-17-7-8-19(18(13-17)22(26)27-3)24-9-11-28-12-10-24/h4-8,13H,9-12,14H2,1-3H3,(H,23,25). The van der Waals surface area contributed by atoms with E-state index in [1.165, 1.54) is 7.11 Å². The molecule has 154 valence electrons. The number of anilines is 2. The second-order valence-corrected chi connectivity index (χ2v) is 6.86. The Labute approximate surface area is 170 Å². The SMILES string of the molecule is COC(=O)c1cc(NC(=O)COc2cccc(C)c2C)ccc1N1CCOCC1. The Bertz CT molecular complexity index is 891. The number of nitrogens with one attached hydrogen (secondary N) is 1. The number of morpholine rings is 1. The molecule has 1 saturated heterocycles. The molecule has 0 aromatic heterocycles. The summed E-state index contributed by atoms with van der Waals surface area (Å²) in [6.07, 6.45) is 0. The van der Waals surface area contributed by atoms with Gasteiger partial charge < -0.3 is 24.4 Å². The topological polar surface area (TPSA) is 77.1 Å². The van der Waals surface area contributed by atoms with Gasteiger partial charge in [-0.1, -0.05) is 12.1 Å². The lowest BCUT2D eigenvalue weighted by Crippen LogP contribution is -2.37. The van der Waals surface area contributed by atoms with E-state index in [0.717, 1.165) is 16.8 Å². The molecule has 7 nitrogen and oxygen atoms in total. The van der Waals surface area contributed by atoms with Crippen LogP contribution in [0.15, 0.2) is 36.4 Å². The van der Waals surface area contributed by atoms with Crippen LogP contribution in [0.1, 0.15) is 21.5 Å². The van der Waals surface area contributed by atoms with E-state index < -0.39 is 5.97 Å². The summed E-state index contributed by atoms with van der Waals surface area (Å²) in [5.74, 6) is -0.0758. The molecule has 1 fully saturated rings. The normalized spacial score (nSPS) is 13.7. The highest BCUT2D eigenvalue weighted by Gasteiger charge is 2.20. The molecule has 0 bridgehead atoms. The fraction of sp³-hybridized carbons (Fsp3) is 0.364. The van der Waals surface area contributed by atoms with Gasteiger partial charge in [0, 0.05) is 18.8 Å². The minimum Gasteiger partial charge on any atom is -0.483 e. The van der Waals surface area contributed by atoms with Crippen LogP contribution in [-0.2, 0) is 14.3 Å². The van der Waals surface area contributed by atoms with E-state index in [1.807, 2.05) is 38.1 Å². The van der Waals surface area contributed by atoms with Gasteiger partial charge in [0.1, 0.15) is 5.75 Å². The van der Waals surface area contributed by atoms with E-state index >= 15 is 0 Å². The van der Waals surface area contributed by atoms with Gasteiger partial charge in [-0.05, 0) is 49.2 Å². The van der Waals surface area contributed by atoms with Crippen LogP contribution in [0.3, 0.4) is 0 Å². The van der Waals surface area contributed by atoms with Crippen molar-refractivity contribution in [3.05, 3.63) is 53.1 Å². The van der Waals surface area contributed by atoms with Gasteiger partial charge in [0.05, 0.1) is 31.6 Å². The third-order valence-corrected chi connectivity index (χ3v) is 4.95. The molecular weight excluding hydrogens is 372 g/mol. The summed E-state index contributed by atoms with van der Waals surface area (Å²) >= 11 is 0. The molecule has 1 N–H and O–H groups in total. The number of amides is 1. The number of carbonyl (C=O) groups excluding carboxylic acids is 2. The largest absolute Gasteiger partial charge is 0.483 e. The molecular formula is C22H26N2O5. The fourth-order valence-corrected chi connectivity index (χ4v) is 3.19. The molecule has 7 heteroatoms. The van der Waals surface area contributed by atoms with Crippen molar-refractivity contribution < 1.29 is 23.8 Å². The van der Waals surface area contributed by atoms with Crippen LogP contribution in [0.2, 0.25) is 0 Å². The van der Waals surface area contributed by atoms with Gasteiger partial charge in [-0.2, -0.15) is 0 Å². The molecule has 0 saturated carbocycles. The summed E-state index contributed by atoms with van der Waals surface area (Å²) in [5, 5.41) is 2.78. The molecule has 0 aliphatic carbocycles. The maximum atomic E-state index is 12.3. The number of hydrogen-bond donors (Lipinski definition) is 1. The van der Waals surface area contributed by atoms with Crippen molar-refractivity contribution >= 4 is 23.3 Å². The van der Waals surface area contributed by atoms with E-state index in [0.29, 0.717) is 43.3 Å². The van der Waals surface area contributed by atoms with Crippen LogP contribution in [0, 0.1) is 13.8 Å².